The molecular formula is C66H52B7N7. The topological polar surface area (TPSA) is 24.4 Å². The summed E-state index contributed by atoms with van der Waals surface area (Å²) in [4.78, 5) is 0. The minimum atomic E-state index is -0.357. The molecule has 14 heteroatoms. The van der Waals surface area contributed by atoms with E-state index in [1.165, 1.54) is 54.6 Å². The first-order valence-corrected chi connectivity index (χ1v) is 28.0. The summed E-state index contributed by atoms with van der Waals surface area (Å²) in [5.41, 5.74) is 14.1. The van der Waals surface area contributed by atoms with Gasteiger partial charge >= 0.3 is 49.0 Å². The SMILES string of the molecule is c1ccc(B2N3B4N(B(c5ccccc5)N2c2ccccc2)B(c2ccccc2)N(c2ccc(-n5c6ccccc6c6ccccc65)cc2)B(c2ccccc2)N4B(c2ccccc2)N(c2ccccc2)B3c2ccccc2)cc1. The van der Waals surface area contributed by atoms with Gasteiger partial charge in [0.05, 0.1) is 11.0 Å². The second kappa shape index (κ2) is 20.6. The Morgan fingerprint density at radius 3 is 0.675 bits per heavy atom. The zero-order valence-corrected chi connectivity index (χ0v) is 44.2. The third-order valence-corrected chi connectivity index (χ3v) is 16.8. The summed E-state index contributed by atoms with van der Waals surface area (Å²) >= 11 is 0. The second-order valence-electron chi connectivity index (χ2n) is 21.2. The lowest BCUT2D eigenvalue weighted by atomic mass is 9.22. The van der Waals surface area contributed by atoms with Gasteiger partial charge in [-0.15, -0.1) is 0 Å². The number of para-hydroxylation sites is 4. The lowest BCUT2D eigenvalue weighted by molar-refractivity contribution is 0.690. The fourth-order valence-corrected chi connectivity index (χ4v) is 13.7. The molecule has 0 radical (unpaired) electrons. The van der Waals surface area contributed by atoms with E-state index in [0.717, 1.165) is 22.7 Å². The first kappa shape index (κ1) is 48.1. The van der Waals surface area contributed by atoms with Crippen LogP contribution in [0.4, 0.5) is 17.1 Å². The quantitative estimate of drug-likeness (QED) is 0.127. The molecule has 0 spiro atoms. The highest BCUT2D eigenvalue weighted by Gasteiger charge is 2.72. The van der Waals surface area contributed by atoms with Gasteiger partial charge in [-0.2, -0.15) is 0 Å². The first-order chi connectivity index (χ1) is 39.8. The number of rotatable bonds is 10. The second-order valence-corrected chi connectivity index (χ2v) is 21.2. The predicted octanol–water partition coefficient (Wildman–Crippen LogP) is 8.91. The number of fused-ring (bicyclic) bond motifs is 3. The van der Waals surface area contributed by atoms with Gasteiger partial charge in [-0.25, -0.2) is 0 Å². The molecule has 4 heterocycles. The Kier molecular flexibility index (Phi) is 12.4. The van der Waals surface area contributed by atoms with Crippen LogP contribution in [0.2, 0.25) is 0 Å². The highest BCUT2D eigenvalue weighted by atomic mass is 15.5. The maximum Gasteiger partial charge on any atom is 0.348 e. The van der Waals surface area contributed by atoms with E-state index < -0.39 is 0 Å². The van der Waals surface area contributed by atoms with Crippen LogP contribution < -0.4 is 46.9 Å². The van der Waals surface area contributed by atoms with Crippen LogP contribution >= 0.6 is 0 Å². The van der Waals surface area contributed by atoms with E-state index in [2.05, 4.69) is 348 Å². The molecule has 15 rings (SSSR count). The van der Waals surface area contributed by atoms with Crippen molar-refractivity contribution in [3.63, 3.8) is 0 Å². The molecule has 80 heavy (non-hydrogen) atoms. The standard InChI is InChI=1S/C66H52B7N7/c1-9-29-53(30-10-1)67-75(60-41-21-7-22-42-60)69(55-33-13-3-14-34-55)79-71(57-37-17-5-18-38-57)77(62-51-49-59(50-52-62)74-65-47-27-25-45-63(65)64-46-26-28-48-66(64)74)72(58-39-19-6-20-40-58)80-70(56-35-15-4-16-36-56)76(61-43-23-8-24-44-61)68(78(67)73(79)80)54-31-11-2-12-32-54/h1-52H. The number of hydrogen-bond donors (Lipinski definition) is 0. The van der Waals surface area contributed by atoms with Gasteiger partial charge in [0, 0.05) is 33.5 Å². The van der Waals surface area contributed by atoms with Crippen molar-refractivity contribution in [2.24, 2.45) is 0 Å². The third-order valence-electron chi connectivity index (χ3n) is 16.8. The van der Waals surface area contributed by atoms with Gasteiger partial charge in [-0.3, -0.25) is 0 Å². The number of aromatic nitrogens is 1. The van der Waals surface area contributed by atoms with Crippen molar-refractivity contribution in [2.45, 2.75) is 0 Å². The minimum absolute atomic E-state index is 0.300. The van der Waals surface area contributed by atoms with E-state index in [1.54, 1.807) is 0 Å². The summed E-state index contributed by atoms with van der Waals surface area (Å²) in [6, 6.07) is 117. The van der Waals surface area contributed by atoms with Gasteiger partial charge in [0.15, 0.2) is 0 Å². The molecule has 3 saturated heterocycles. The highest BCUT2D eigenvalue weighted by Crippen LogP contribution is 2.41. The van der Waals surface area contributed by atoms with Gasteiger partial charge in [-0.05, 0) is 93.4 Å². The first-order valence-electron chi connectivity index (χ1n) is 28.0. The van der Waals surface area contributed by atoms with E-state index in [4.69, 9.17) is 0 Å². The van der Waals surface area contributed by atoms with Crippen LogP contribution in [0.15, 0.2) is 315 Å². The maximum atomic E-state index is 2.87. The van der Waals surface area contributed by atoms with Crippen molar-refractivity contribution in [3.8, 4) is 5.69 Å². The zero-order chi connectivity index (χ0) is 52.9. The fraction of sp³-hybridized carbons (Fsp3) is 0. The number of anilines is 3. The summed E-state index contributed by atoms with van der Waals surface area (Å²) in [6.45, 7) is -1.91. The van der Waals surface area contributed by atoms with Crippen LogP contribution in [-0.4, -0.2) is 67.5 Å². The molecule has 3 aliphatic rings. The lowest BCUT2D eigenvalue weighted by Gasteiger charge is -2.70. The average Bonchev–Trinajstić information content (AvgIpc) is 3.17. The van der Waals surface area contributed by atoms with Crippen LogP contribution in [0.5, 0.6) is 0 Å². The van der Waals surface area contributed by atoms with Crippen LogP contribution in [0.3, 0.4) is 0 Å². The molecule has 12 aromatic rings. The van der Waals surface area contributed by atoms with Crippen molar-refractivity contribution in [2.75, 3.05) is 14.2 Å². The van der Waals surface area contributed by atoms with Gasteiger partial charge in [0.2, 0.25) is 0 Å². The fourth-order valence-electron chi connectivity index (χ4n) is 13.7. The molecule has 11 aromatic carbocycles. The van der Waals surface area contributed by atoms with Crippen molar-refractivity contribution < 1.29 is 0 Å². The molecule has 0 saturated carbocycles. The molecule has 3 fully saturated rings. The van der Waals surface area contributed by atoms with Crippen molar-refractivity contribution >= 4 is 121 Å². The molecule has 7 nitrogen and oxygen atoms in total. The Hall–Kier alpha value is -9.05. The monoisotopic (exact) mass is 1020 g/mol. The Morgan fingerprint density at radius 1 is 0.188 bits per heavy atom. The van der Waals surface area contributed by atoms with Crippen molar-refractivity contribution in [1.29, 1.82) is 0 Å². The zero-order valence-electron chi connectivity index (χ0n) is 44.2. The van der Waals surface area contributed by atoms with E-state index in [0.29, 0.717) is 0 Å². The molecular weight excluding hydrogens is 966 g/mol. The summed E-state index contributed by atoms with van der Waals surface area (Å²) < 4.78 is 19.2. The van der Waals surface area contributed by atoms with Crippen LogP contribution in [-0.2, 0) is 0 Å². The molecule has 0 bridgehead atoms. The molecule has 0 N–H and O–H groups in total. The third kappa shape index (κ3) is 8.04. The summed E-state index contributed by atoms with van der Waals surface area (Å²) in [7, 11) is -0.357. The van der Waals surface area contributed by atoms with Gasteiger partial charge in [0.1, 0.15) is 0 Å². The Bertz CT molecular complexity index is 3810. The van der Waals surface area contributed by atoms with Gasteiger partial charge in [0.25, 0.3) is 0 Å². The molecule has 0 atom stereocenters. The Balaban J connectivity index is 1.08. The van der Waals surface area contributed by atoms with Gasteiger partial charge in [-0.1, -0.05) is 255 Å². The van der Waals surface area contributed by atoms with Gasteiger partial charge < -0.3 is 32.6 Å². The van der Waals surface area contributed by atoms with E-state index >= 15 is 0 Å². The van der Waals surface area contributed by atoms with Crippen molar-refractivity contribution in [1.82, 2.24) is 18.5 Å². The number of benzene rings is 11. The van der Waals surface area contributed by atoms with E-state index in [9.17, 15) is 0 Å². The normalized spacial score (nSPS) is 15.1. The molecule has 372 valence electrons. The smallest absolute Gasteiger partial charge is 0.348 e. The molecule has 0 aliphatic carbocycles. The maximum absolute atomic E-state index is 2.87. The molecule has 0 unspecified atom stereocenters. The summed E-state index contributed by atoms with van der Waals surface area (Å²) in [6.07, 6.45) is 0. The van der Waals surface area contributed by atoms with E-state index in [1.807, 2.05) is 0 Å². The molecule has 3 aliphatic heterocycles. The number of nitrogens with zero attached hydrogens (tertiary/aromatic N) is 7. The lowest BCUT2D eigenvalue weighted by Crippen LogP contribution is -3.03. The van der Waals surface area contributed by atoms with Crippen molar-refractivity contribution in [3.05, 3.63) is 315 Å². The van der Waals surface area contributed by atoms with Crippen LogP contribution in [0, 0.1) is 0 Å². The van der Waals surface area contributed by atoms with Crippen LogP contribution in [0.25, 0.3) is 27.5 Å². The summed E-state index contributed by atoms with van der Waals surface area (Å²) in [5, 5.41) is 2.49. The minimum Gasteiger partial charge on any atom is -0.428 e. The summed E-state index contributed by atoms with van der Waals surface area (Å²) in [5.74, 6) is 0. The van der Waals surface area contributed by atoms with E-state index in [-0.39, 0.29) is 49.0 Å². The van der Waals surface area contributed by atoms with Crippen LogP contribution in [0.1, 0.15) is 0 Å². The predicted molar refractivity (Wildman–Crippen MR) is 343 cm³/mol. The Labute approximate surface area is 471 Å². The number of hydrogen-bond acceptors (Lipinski definition) is 6. The largest absolute Gasteiger partial charge is 0.428 e. The highest BCUT2D eigenvalue weighted by molar-refractivity contribution is 7.23. The molecule has 1 aromatic heterocycles. The Morgan fingerprint density at radius 2 is 0.400 bits per heavy atom. The molecule has 0 amide bonds. The average molecular weight is 1020 g/mol.